The van der Waals surface area contributed by atoms with Crippen molar-refractivity contribution in [3.8, 4) is 6.07 Å². The van der Waals surface area contributed by atoms with Crippen molar-refractivity contribution in [1.29, 1.82) is 5.26 Å². The maximum absolute atomic E-state index is 12.7. The fourth-order valence-electron chi connectivity index (χ4n) is 4.37. The van der Waals surface area contributed by atoms with Gasteiger partial charge in [0.25, 0.3) is 0 Å². The van der Waals surface area contributed by atoms with Gasteiger partial charge in [0, 0.05) is 6.42 Å². The highest BCUT2D eigenvalue weighted by Gasteiger charge is 2.55. The molecule has 0 bridgehead atoms. The Bertz CT molecular complexity index is 454. The van der Waals surface area contributed by atoms with Gasteiger partial charge in [0.05, 0.1) is 11.5 Å². The molecule has 108 valence electrons. The minimum atomic E-state index is -0.518. The molecule has 0 aromatic carbocycles. The van der Waals surface area contributed by atoms with Gasteiger partial charge >= 0.3 is 0 Å². The first-order valence-corrected chi connectivity index (χ1v) is 7.94. The third-order valence-corrected chi connectivity index (χ3v) is 5.50. The molecule has 0 N–H and O–H groups in total. The molecule has 0 aromatic heterocycles. The zero-order valence-corrected chi connectivity index (χ0v) is 11.9. The van der Waals surface area contributed by atoms with Crippen LogP contribution in [0, 0.1) is 22.7 Å². The van der Waals surface area contributed by atoms with Gasteiger partial charge in [0.1, 0.15) is 6.04 Å². The lowest BCUT2D eigenvalue weighted by Gasteiger charge is -2.32. The summed E-state index contributed by atoms with van der Waals surface area (Å²) in [6, 6.07) is 1.75. The first-order valence-electron chi connectivity index (χ1n) is 7.94. The van der Waals surface area contributed by atoms with Crippen molar-refractivity contribution in [3.63, 3.8) is 0 Å². The van der Waals surface area contributed by atoms with Gasteiger partial charge in [-0.15, -0.1) is 0 Å². The van der Waals surface area contributed by atoms with E-state index >= 15 is 0 Å². The average Bonchev–Trinajstić information content (AvgIpc) is 3.02. The van der Waals surface area contributed by atoms with Gasteiger partial charge in [0.15, 0.2) is 0 Å². The average molecular weight is 274 g/mol. The summed E-state index contributed by atoms with van der Waals surface area (Å²) in [7, 11) is 0. The van der Waals surface area contributed by atoms with Crippen molar-refractivity contribution in [3.05, 3.63) is 0 Å². The SMILES string of the molecule is N#CC(C1CCCCC1)N1C(=O)CC2(CCCC2)C1=O. The maximum Gasteiger partial charge on any atom is 0.237 e. The zero-order valence-electron chi connectivity index (χ0n) is 11.9. The quantitative estimate of drug-likeness (QED) is 0.727. The van der Waals surface area contributed by atoms with Crippen LogP contribution in [0.15, 0.2) is 0 Å². The molecule has 0 aromatic rings. The van der Waals surface area contributed by atoms with E-state index in [4.69, 9.17) is 0 Å². The molecule has 1 heterocycles. The van der Waals surface area contributed by atoms with E-state index in [0.29, 0.717) is 6.42 Å². The van der Waals surface area contributed by atoms with E-state index in [9.17, 15) is 14.9 Å². The lowest BCUT2D eigenvalue weighted by Crippen LogP contribution is -2.45. The van der Waals surface area contributed by atoms with Gasteiger partial charge in [-0.05, 0) is 31.6 Å². The predicted octanol–water partition coefficient (Wildman–Crippen LogP) is 2.78. The van der Waals surface area contributed by atoms with Crippen LogP contribution >= 0.6 is 0 Å². The Morgan fingerprint density at radius 1 is 1.10 bits per heavy atom. The number of likely N-dealkylation sites (tertiary alicyclic amines) is 1. The molecule has 4 heteroatoms. The molecule has 1 atom stereocenters. The molecule has 1 spiro atoms. The molecular formula is C16H22N2O2. The van der Waals surface area contributed by atoms with Crippen LogP contribution in [-0.2, 0) is 9.59 Å². The number of rotatable bonds is 2. The lowest BCUT2D eigenvalue weighted by molar-refractivity contribution is -0.144. The zero-order chi connectivity index (χ0) is 14.2. The number of carbonyl (C=O) groups excluding carboxylic acids is 2. The Morgan fingerprint density at radius 3 is 2.35 bits per heavy atom. The van der Waals surface area contributed by atoms with Crippen molar-refractivity contribution < 1.29 is 9.59 Å². The molecule has 3 aliphatic rings. The van der Waals surface area contributed by atoms with E-state index in [1.807, 2.05) is 0 Å². The third-order valence-electron chi connectivity index (χ3n) is 5.50. The smallest absolute Gasteiger partial charge is 0.237 e. The van der Waals surface area contributed by atoms with E-state index in [2.05, 4.69) is 6.07 Å². The van der Waals surface area contributed by atoms with Crippen LogP contribution in [0.4, 0.5) is 0 Å². The van der Waals surface area contributed by atoms with Gasteiger partial charge in [0.2, 0.25) is 11.8 Å². The Balaban J connectivity index is 1.82. The van der Waals surface area contributed by atoms with Gasteiger partial charge in [-0.25, -0.2) is 0 Å². The largest absolute Gasteiger partial charge is 0.274 e. The van der Waals surface area contributed by atoms with E-state index in [1.54, 1.807) is 0 Å². The van der Waals surface area contributed by atoms with Gasteiger partial charge < -0.3 is 0 Å². The molecule has 2 amide bonds. The van der Waals surface area contributed by atoms with Crippen LogP contribution in [0.1, 0.15) is 64.2 Å². The minimum Gasteiger partial charge on any atom is -0.274 e. The molecule has 1 saturated heterocycles. The van der Waals surface area contributed by atoms with Gasteiger partial charge in [-0.1, -0.05) is 32.1 Å². The number of imide groups is 1. The van der Waals surface area contributed by atoms with Crippen molar-refractivity contribution in [2.45, 2.75) is 70.3 Å². The van der Waals surface area contributed by atoms with E-state index in [0.717, 1.165) is 51.4 Å². The molecule has 3 fully saturated rings. The Kier molecular flexibility index (Phi) is 3.54. The topological polar surface area (TPSA) is 61.2 Å². The molecular weight excluding hydrogens is 252 g/mol. The fourth-order valence-corrected chi connectivity index (χ4v) is 4.37. The summed E-state index contributed by atoms with van der Waals surface area (Å²) >= 11 is 0. The van der Waals surface area contributed by atoms with Crippen molar-refractivity contribution in [2.24, 2.45) is 11.3 Å². The number of nitrogens with zero attached hydrogens (tertiary/aromatic N) is 2. The Hall–Kier alpha value is -1.37. The minimum absolute atomic E-state index is 0.0443. The highest BCUT2D eigenvalue weighted by molar-refractivity contribution is 6.06. The fraction of sp³-hybridized carbons (Fsp3) is 0.812. The number of amides is 2. The second-order valence-electron chi connectivity index (χ2n) is 6.71. The summed E-state index contributed by atoms with van der Waals surface area (Å²) in [6.07, 6.45) is 9.46. The second-order valence-corrected chi connectivity index (χ2v) is 6.71. The molecule has 3 rings (SSSR count). The number of nitriles is 1. The Labute approximate surface area is 120 Å². The number of hydrogen-bond acceptors (Lipinski definition) is 3. The Morgan fingerprint density at radius 2 is 1.75 bits per heavy atom. The standard InChI is InChI=1S/C16H22N2O2/c17-11-13(12-6-2-1-3-7-12)18-14(19)10-16(15(18)20)8-4-5-9-16/h12-13H,1-10H2. The molecule has 2 saturated carbocycles. The van der Waals surface area contributed by atoms with E-state index in [-0.39, 0.29) is 17.7 Å². The van der Waals surface area contributed by atoms with E-state index in [1.165, 1.54) is 11.3 Å². The van der Waals surface area contributed by atoms with Crippen molar-refractivity contribution in [1.82, 2.24) is 4.90 Å². The van der Waals surface area contributed by atoms with Crippen LogP contribution in [-0.4, -0.2) is 22.8 Å². The first-order chi connectivity index (χ1) is 9.68. The lowest BCUT2D eigenvalue weighted by atomic mass is 9.82. The van der Waals surface area contributed by atoms with Crippen LogP contribution in [0.3, 0.4) is 0 Å². The normalized spacial score (nSPS) is 28.1. The second kappa shape index (κ2) is 5.20. The van der Waals surface area contributed by atoms with E-state index < -0.39 is 11.5 Å². The van der Waals surface area contributed by atoms with Crippen molar-refractivity contribution in [2.75, 3.05) is 0 Å². The maximum atomic E-state index is 12.7. The molecule has 0 radical (unpaired) electrons. The highest BCUT2D eigenvalue weighted by Crippen LogP contribution is 2.48. The number of carbonyl (C=O) groups is 2. The molecule has 1 unspecified atom stereocenters. The summed E-state index contributed by atoms with van der Waals surface area (Å²) in [4.78, 5) is 26.4. The molecule has 4 nitrogen and oxygen atoms in total. The van der Waals surface area contributed by atoms with Crippen LogP contribution < -0.4 is 0 Å². The molecule has 2 aliphatic carbocycles. The third kappa shape index (κ3) is 2.04. The van der Waals surface area contributed by atoms with Gasteiger partial charge in [-0.2, -0.15) is 5.26 Å². The summed E-state index contributed by atoms with van der Waals surface area (Å²) in [5.41, 5.74) is -0.444. The summed E-state index contributed by atoms with van der Waals surface area (Å²) in [5.74, 6) is 0.0457. The summed E-state index contributed by atoms with van der Waals surface area (Å²) < 4.78 is 0. The number of hydrogen-bond donors (Lipinski definition) is 0. The van der Waals surface area contributed by atoms with Crippen LogP contribution in [0.2, 0.25) is 0 Å². The summed E-state index contributed by atoms with van der Waals surface area (Å²) in [6.45, 7) is 0. The summed E-state index contributed by atoms with van der Waals surface area (Å²) in [5, 5.41) is 9.51. The predicted molar refractivity (Wildman–Crippen MR) is 73.3 cm³/mol. The van der Waals surface area contributed by atoms with Crippen LogP contribution in [0.5, 0.6) is 0 Å². The van der Waals surface area contributed by atoms with Gasteiger partial charge in [-0.3, -0.25) is 14.5 Å². The first kappa shape index (κ1) is 13.6. The van der Waals surface area contributed by atoms with Crippen LogP contribution in [0.25, 0.3) is 0 Å². The monoisotopic (exact) mass is 274 g/mol. The molecule has 20 heavy (non-hydrogen) atoms. The van der Waals surface area contributed by atoms with Crippen molar-refractivity contribution >= 4 is 11.8 Å². The highest BCUT2D eigenvalue weighted by atomic mass is 16.2. The molecule has 1 aliphatic heterocycles.